The molecular weight excluding hydrogens is 365 g/mol. The van der Waals surface area contributed by atoms with E-state index in [1.807, 2.05) is 0 Å². The summed E-state index contributed by atoms with van der Waals surface area (Å²) in [5.74, 6) is -1.01. The van der Waals surface area contributed by atoms with Crippen LogP contribution in [0.15, 0.2) is 48.5 Å². The highest BCUT2D eigenvalue weighted by molar-refractivity contribution is 6.30. The highest BCUT2D eigenvalue weighted by Crippen LogP contribution is 2.18. The molecule has 0 spiro atoms. The van der Waals surface area contributed by atoms with Crippen molar-refractivity contribution in [2.75, 3.05) is 6.54 Å². The third-order valence-electron chi connectivity index (χ3n) is 3.64. The summed E-state index contributed by atoms with van der Waals surface area (Å²) < 4.78 is 0. The minimum atomic E-state index is -0.659. The minimum Gasteiger partial charge on any atom is -0.275 e. The van der Waals surface area contributed by atoms with E-state index in [-0.39, 0.29) is 13.1 Å². The number of carbonyl (C=O) groups excluding carboxylic acids is 3. The van der Waals surface area contributed by atoms with Crippen molar-refractivity contribution in [2.45, 2.75) is 6.54 Å². The van der Waals surface area contributed by atoms with Gasteiger partial charge in [-0.15, -0.1) is 0 Å². The van der Waals surface area contributed by atoms with Crippen molar-refractivity contribution >= 4 is 41.0 Å². The quantitative estimate of drug-likeness (QED) is 0.893. The molecule has 1 aliphatic heterocycles. The molecule has 0 aromatic heterocycles. The van der Waals surface area contributed by atoms with Gasteiger partial charge in [0.25, 0.3) is 5.91 Å². The number of urea groups is 1. The van der Waals surface area contributed by atoms with Crippen LogP contribution in [0.2, 0.25) is 10.0 Å². The topological polar surface area (TPSA) is 69.7 Å². The maximum Gasteiger partial charge on any atom is 0.343 e. The van der Waals surface area contributed by atoms with E-state index in [0.717, 1.165) is 10.6 Å². The first-order chi connectivity index (χ1) is 11.9. The number of halogens is 2. The van der Waals surface area contributed by atoms with Gasteiger partial charge in [0.2, 0.25) is 5.91 Å². The highest BCUT2D eigenvalue weighted by atomic mass is 35.5. The second-order valence-corrected chi connectivity index (χ2v) is 6.28. The van der Waals surface area contributed by atoms with E-state index in [4.69, 9.17) is 23.2 Å². The molecule has 3 rings (SSSR count). The van der Waals surface area contributed by atoms with Gasteiger partial charge in [0, 0.05) is 15.6 Å². The van der Waals surface area contributed by atoms with E-state index in [2.05, 4.69) is 5.32 Å². The third-order valence-corrected chi connectivity index (χ3v) is 4.14. The molecule has 128 valence electrons. The van der Waals surface area contributed by atoms with Crippen molar-refractivity contribution < 1.29 is 14.4 Å². The van der Waals surface area contributed by atoms with Crippen LogP contribution in [0.5, 0.6) is 0 Å². The molecular formula is C17H13Cl2N3O3. The summed E-state index contributed by atoms with van der Waals surface area (Å²) in [6, 6.07) is 12.4. The number of rotatable bonds is 3. The lowest BCUT2D eigenvalue weighted by Crippen LogP contribution is -2.62. The first-order valence-corrected chi connectivity index (χ1v) is 8.13. The molecule has 6 nitrogen and oxygen atoms in total. The highest BCUT2D eigenvalue weighted by Gasteiger charge is 2.34. The first-order valence-electron chi connectivity index (χ1n) is 7.37. The molecule has 25 heavy (non-hydrogen) atoms. The Hall–Kier alpha value is -2.57. The van der Waals surface area contributed by atoms with Crippen molar-refractivity contribution in [1.29, 1.82) is 0 Å². The third kappa shape index (κ3) is 3.92. The molecule has 2 aromatic rings. The van der Waals surface area contributed by atoms with E-state index < -0.39 is 17.8 Å². The lowest BCUT2D eigenvalue weighted by molar-refractivity contribution is -0.127. The minimum absolute atomic E-state index is 0.121. The molecule has 1 fully saturated rings. The molecule has 0 radical (unpaired) electrons. The SMILES string of the molecule is O=C1CN(C(=O)c2ccc(Cl)cc2)N(Cc2ccc(Cl)cc2)C(=O)N1. The van der Waals surface area contributed by atoms with E-state index >= 15 is 0 Å². The summed E-state index contributed by atoms with van der Waals surface area (Å²) in [6.45, 7) is -0.129. The monoisotopic (exact) mass is 377 g/mol. The predicted octanol–water partition coefficient (Wildman–Crippen LogP) is 3.10. The normalized spacial score (nSPS) is 14.5. The Kier molecular flexibility index (Phi) is 4.92. The zero-order chi connectivity index (χ0) is 18.0. The fourth-order valence-electron chi connectivity index (χ4n) is 2.40. The van der Waals surface area contributed by atoms with E-state index in [1.54, 1.807) is 48.5 Å². The van der Waals surface area contributed by atoms with Crippen molar-refractivity contribution in [3.63, 3.8) is 0 Å². The van der Waals surface area contributed by atoms with Gasteiger partial charge in [0.1, 0.15) is 6.54 Å². The van der Waals surface area contributed by atoms with E-state index in [0.29, 0.717) is 15.6 Å². The fraction of sp³-hybridized carbons (Fsp3) is 0.118. The Labute approximate surface area is 153 Å². The van der Waals surface area contributed by atoms with Gasteiger partial charge in [0.15, 0.2) is 0 Å². The Bertz CT molecular complexity index is 822. The molecule has 2 aromatic carbocycles. The predicted molar refractivity (Wildman–Crippen MR) is 93.0 cm³/mol. The van der Waals surface area contributed by atoms with Gasteiger partial charge in [-0.1, -0.05) is 35.3 Å². The van der Waals surface area contributed by atoms with Gasteiger partial charge in [-0.2, -0.15) is 0 Å². The Morgan fingerprint density at radius 3 is 2.12 bits per heavy atom. The molecule has 8 heteroatoms. The molecule has 4 amide bonds. The van der Waals surface area contributed by atoms with Crippen LogP contribution in [0.3, 0.4) is 0 Å². The Morgan fingerprint density at radius 1 is 0.960 bits per heavy atom. The summed E-state index contributed by atoms with van der Waals surface area (Å²) in [4.78, 5) is 36.7. The molecule has 1 aliphatic rings. The number of nitrogens with one attached hydrogen (secondary N) is 1. The number of hydrogen-bond acceptors (Lipinski definition) is 3. The van der Waals surface area contributed by atoms with Crippen molar-refractivity contribution in [2.24, 2.45) is 0 Å². The fourth-order valence-corrected chi connectivity index (χ4v) is 2.65. The van der Waals surface area contributed by atoms with Crippen LogP contribution >= 0.6 is 23.2 Å². The molecule has 1 heterocycles. The average molecular weight is 378 g/mol. The molecule has 0 atom stereocenters. The van der Waals surface area contributed by atoms with Crippen LogP contribution in [0.4, 0.5) is 4.79 Å². The van der Waals surface area contributed by atoms with Gasteiger partial charge in [0.05, 0.1) is 6.54 Å². The number of imide groups is 1. The van der Waals surface area contributed by atoms with Crippen LogP contribution in [-0.2, 0) is 11.3 Å². The van der Waals surface area contributed by atoms with Gasteiger partial charge < -0.3 is 0 Å². The largest absolute Gasteiger partial charge is 0.343 e. The number of nitrogens with zero attached hydrogens (tertiary/aromatic N) is 2. The van der Waals surface area contributed by atoms with E-state index in [9.17, 15) is 14.4 Å². The van der Waals surface area contributed by atoms with Gasteiger partial charge in [-0.05, 0) is 42.0 Å². The summed E-state index contributed by atoms with van der Waals surface area (Å²) in [5, 5.41) is 5.59. The summed E-state index contributed by atoms with van der Waals surface area (Å²) >= 11 is 11.7. The molecule has 0 saturated carbocycles. The van der Waals surface area contributed by atoms with Gasteiger partial charge in [-0.25, -0.2) is 14.8 Å². The zero-order valence-corrected chi connectivity index (χ0v) is 14.4. The van der Waals surface area contributed by atoms with Crippen molar-refractivity contribution in [3.8, 4) is 0 Å². The first kappa shape index (κ1) is 17.3. The van der Waals surface area contributed by atoms with Crippen LogP contribution in [0.1, 0.15) is 15.9 Å². The number of benzene rings is 2. The van der Waals surface area contributed by atoms with Gasteiger partial charge >= 0.3 is 6.03 Å². The molecule has 0 aliphatic carbocycles. The van der Waals surface area contributed by atoms with Crippen LogP contribution in [0.25, 0.3) is 0 Å². The zero-order valence-electron chi connectivity index (χ0n) is 12.9. The lowest BCUT2D eigenvalue weighted by Gasteiger charge is -2.37. The Balaban J connectivity index is 1.88. The lowest BCUT2D eigenvalue weighted by atomic mass is 10.2. The maximum atomic E-state index is 12.7. The second-order valence-electron chi connectivity index (χ2n) is 5.41. The molecule has 0 unspecified atom stereocenters. The van der Waals surface area contributed by atoms with E-state index in [1.165, 1.54) is 5.01 Å². The Morgan fingerprint density at radius 2 is 1.52 bits per heavy atom. The number of amides is 4. The maximum absolute atomic E-state index is 12.7. The number of hydrogen-bond donors (Lipinski definition) is 1. The van der Waals surface area contributed by atoms with Crippen molar-refractivity contribution in [1.82, 2.24) is 15.3 Å². The van der Waals surface area contributed by atoms with Gasteiger partial charge in [-0.3, -0.25) is 14.9 Å². The standard InChI is InChI=1S/C17H13Cl2N3O3/c18-13-5-1-11(2-6-13)9-22-17(25)20-15(23)10-21(22)16(24)12-3-7-14(19)8-4-12/h1-8H,9-10H2,(H,20,23,25). The number of carbonyl (C=O) groups is 3. The second kappa shape index (κ2) is 7.13. The molecule has 1 saturated heterocycles. The summed E-state index contributed by atoms with van der Waals surface area (Å²) in [7, 11) is 0. The van der Waals surface area contributed by atoms with Crippen LogP contribution < -0.4 is 5.32 Å². The molecule has 1 N–H and O–H groups in total. The average Bonchev–Trinajstić information content (AvgIpc) is 2.59. The van der Waals surface area contributed by atoms with Crippen LogP contribution in [0, 0.1) is 0 Å². The summed E-state index contributed by atoms with van der Waals surface area (Å²) in [5.41, 5.74) is 1.09. The molecule has 0 bridgehead atoms. The number of hydrazine groups is 1. The summed E-state index contributed by atoms with van der Waals surface area (Å²) in [6.07, 6.45) is 0. The van der Waals surface area contributed by atoms with Crippen LogP contribution in [-0.4, -0.2) is 34.4 Å². The van der Waals surface area contributed by atoms with Crippen molar-refractivity contribution in [3.05, 3.63) is 69.7 Å². The smallest absolute Gasteiger partial charge is 0.275 e.